The summed E-state index contributed by atoms with van der Waals surface area (Å²) in [4.78, 5) is 1.14. The summed E-state index contributed by atoms with van der Waals surface area (Å²) in [6.07, 6.45) is 3.12. The third kappa shape index (κ3) is 6.17. The van der Waals surface area contributed by atoms with Crippen molar-refractivity contribution >= 4 is 23.4 Å². The first-order valence-electron chi connectivity index (χ1n) is 6.84. The molecule has 2 N–H and O–H groups in total. The molecule has 1 unspecified atom stereocenters. The van der Waals surface area contributed by atoms with Crippen molar-refractivity contribution in [3.05, 3.63) is 29.3 Å². The molecule has 4 heteroatoms. The second kappa shape index (κ2) is 8.85. The van der Waals surface area contributed by atoms with Crippen molar-refractivity contribution in [2.45, 2.75) is 43.5 Å². The monoisotopic (exact) mass is 301 g/mol. The van der Waals surface area contributed by atoms with Crippen molar-refractivity contribution in [2.24, 2.45) is 0 Å². The Morgan fingerprint density at radius 3 is 2.74 bits per heavy atom. The van der Waals surface area contributed by atoms with Gasteiger partial charge in [-0.3, -0.25) is 0 Å². The molecule has 0 aliphatic carbocycles. The molecule has 0 spiro atoms. The molecule has 1 aromatic carbocycles. The zero-order valence-electron chi connectivity index (χ0n) is 11.8. The van der Waals surface area contributed by atoms with Crippen LogP contribution in [0.1, 0.15) is 33.1 Å². The van der Waals surface area contributed by atoms with Crippen LogP contribution in [0.5, 0.6) is 0 Å². The predicted octanol–water partition coefficient (Wildman–Crippen LogP) is 3.96. The summed E-state index contributed by atoms with van der Waals surface area (Å²) in [5, 5.41) is 13.7. The van der Waals surface area contributed by atoms with Crippen LogP contribution in [0, 0.1) is 0 Å². The van der Waals surface area contributed by atoms with Crippen molar-refractivity contribution in [3.63, 3.8) is 0 Å². The number of rotatable bonds is 9. The average Bonchev–Trinajstić information content (AvgIpc) is 2.43. The molecule has 1 atom stereocenters. The van der Waals surface area contributed by atoms with Gasteiger partial charge < -0.3 is 10.4 Å². The van der Waals surface area contributed by atoms with Crippen LogP contribution in [-0.2, 0) is 0 Å². The van der Waals surface area contributed by atoms with E-state index in [1.165, 1.54) is 0 Å². The summed E-state index contributed by atoms with van der Waals surface area (Å²) in [7, 11) is 0. The first kappa shape index (κ1) is 16.8. The molecule has 0 fully saturated rings. The number of nitrogens with one attached hydrogen (secondary N) is 1. The van der Waals surface area contributed by atoms with E-state index >= 15 is 0 Å². The van der Waals surface area contributed by atoms with Crippen LogP contribution in [0.3, 0.4) is 0 Å². The minimum Gasteiger partial charge on any atom is -0.394 e. The molecule has 0 aliphatic rings. The van der Waals surface area contributed by atoms with Crippen LogP contribution >= 0.6 is 23.4 Å². The van der Waals surface area contributed by atoms with E-state index in [9.17, 15) is 5.11 Å². The summed E-state index contributed by atoms with van der Waals surface area (Å²) in [6.45, 7) is 5.36. The van der Waals surface area contributed by atoms with E-state index < -0.39 is 0 Å². The minimum absolute atomic E-state index is 0.156. The molecule has 0 saturated carbocycles. The molecular weight excluding hydrogens is 278 g/mol. The number of hydrogen-bond donors (Lipinski definition) is 2. The van der Waals surface area contributed by atoms with Gasteiger partial charge in [0.25, 0.3) is 0 Å². The van der Waals surface area contributed by atoms with Gasteiger partial charge in [-0.25, -0.2) is 0 Å². The fourth-order valence-corrected chi connectivity index (χ4v) is 3.05. The average molecular weight is 302 g/mol. The topological polar surface area (TPSA) is 32.3 Å². The molecule has 19 heavy (non-hydrogen) atoms. The van der Waals surface area contributed by atoms with Gasteiger partial charge in [0.1, 0.15) is 0 Å². The van der Waals surface area contributed by atoms with Gasteiger partial charge in [-0.2, -0.15) is 0 Å². The second-order valence-corrected chi connectivity index (χ2v) is 6.57. The van der Waals surface area contributed by atoms with Crippen LogP contribution < -0.4 is 5.32 Å². The minimum atomic E-state index is -0.156. The van der Waals surface area contributed by atoms with Gasteiger partial charge in [-0.05, 0) is 50.6 Å². The van der Waals surface area contributed by atoms with Crippen molar-refractivity contribution in [1.82, 2.24) is 5.32 Å². The number of halogens is 1. The molecule has 1 rings (SSSR count). The summed E-state index contributed by atoms with van der Waals surface area (Å²) in [5.41, 5.74) is -0.156. The van der Waals surface area contributed by atoms with Gasteiger partial charge in [-0.1, -0.05) is 30.7 Å². The maximum Gasteiger partial charge on any atom is 0.0610 e. The van der Waals surface area contributed by atoms with E-state index in [0.717, 1.165) is 41.5 Å². The lowest BCUT2D eigenvalue weighted by Crippen LogP contribution is -2.46. The Hall–Kier alpha value is -0.220. The second-order valence-electron chi connectivity index (χ2n) is 5.03. The van der Waals surface area contributed by atoms with E-state index in [-0.39, 0.29) is 12.1 Å². The fourth-order valence-electron chi connectivity index (χ4n) is 1.86. The molecule has 0 saturated heterocycles. The molecule has 1 aromatic rings. The Kier molecular flexibility index (Phi) is 7.84. The van der Waals surface area contributed by atoms with Gasteiger partial charge in [0.15, 0.2) is 0 Å². The highest BCUT2D eigenvalue weighted by Crippen LogP contribution is 2.28. The van der Waals surface area contributed by atoms with Crippen LogP contribution in [0.25, 0.3) is 0 Å². The SMILES string of the molecule is CCCNC(C)(CO)CCCSc1ccccc1Cl. The predicted molar refractivity (Wildman–Crippen MR) is 85.2 cm³/mol. The summed E-state index contributed by atoms with van der Waals surface area (Å²) in [6, 6.07) is 7.93. The number of aliphatic hydroxyl groups is 1. The quantitative estimate of drug-likeness (QED) is 0.535. The molecule has 0 radical (unpaired) electrons. The summed E-state index contributed by atoms with van der Waals surface area (Å²) >= 11 is 7.90. The Morgan fingerprint density at radius 2 is 2.11 bits per heavy atom. The van der Waals surface area contributed by atoms with E-state index in [1.54, 1.807) is 11.8 Å². The van der Waals surface area contributed by atoms with Gasteiger partial charge in [0.05, 0.1) is 11.6 Å². The van der Waals surface area contributed by atoms with E-state index in [4.69, 9.17) is 11.6 Å². The zero-order valence-corrected chi connectivity index (χ0v) is 13.4. The highest BCUT2D eigenvalue weighted by atomic mass is 35.5. The maximum atomic E-state index is 9.48. The Balaban J connectivity index is 2.31. The first-order chi connectivity index (χ1) is 9.11. The highest BCUT2D eigenvalue weighted by molar-refractivity contribution is 7.99. The zero-order chi connectivity index (χ0) is 14.1. The summed E-state index contributed by atoms with van der Waals surface area (Å²) < 4.78 is 0. The Labute approximate surface area is 125 Å². The number of benzene rings is 1. The summed E-state index contributed by atoms with van der Waals surface area (Å²) in [5.74, 6) is 1.02. The largest absolute Gasteiger partial charge is 0.394 e. The fraction of sp³-hybridized carbons (Fsp3) is 0.600. The molecule has 2 nitrogen and oxygen atoms in total. The lowest BCUT2D eigenvalue weighted by Gasteiger charge is -2.28. The molecule has 0 aliphatic heterocycles. The standard InChI is InChI=1S/C15H24ClNOS/c1-3-10-17-15(2,12-18)9-6-11-19-14-8-5-4-7-13(14)16/h4-5,7-8,17-18H,3,6,9-12H2,1-2H3. The number of thioether (sulfide) groups is 1. The molecule has 0 bridgehead atoms. The molecule has 0 amide bonds. The first-order valence-corrected chi connectivity index (χ1v) is 8.21. The van der Waals surface area contributed by atoms with E-state index in [0.29, 0.717) is 0 Å². The number of hydrogen-bond acceptors (Lipinski definition) is 3. The molecule has 108 valence electrons. The Morgan fingerprint density at radius 1 is 1.37 bits per heavy atom. The number of aliphatic hydroxyl groups excluding tert-OH is 1. The van der Waals surface area contributed by atoms with Gasteiger partial charge in [0, 0.05) is 10.4 Å². The van der Waals surface area contributed by atoms with Crippen LogP contribution in [0.4, 0.5) is 0 Å². The highest BCUT2D eigenvalue weighted by Gasteiger charge is 2.21. The molecule has 0 heterocycles. The van der Waals surface area contributed by atoms with E-state index in [1.807, 2.05) is 24.3 Å². The molecular formula is C15H24ClNOS. The van der Waals surface area contributed by atoms with Gasteiger partial charge in [-0.15, -0.1) is 11.8 Å². The van der Waals surface area contributed by atoms with Crippen molar-refractivity contribution in [1.29, 1.82) is 0 Å². The normalized spacial score (nSPS) is 14.3. The third-order valence-corrected chi connectivity index (χ3v) is 4.72. The van der Waals surface area contributed by atoms with Crippen molar-refractivity contribution in [3.8, 4) is 0 Å². The van der Waals surface area contributed by atoms with Gasteiger partial charge in [0.2, 0.25) is 0 Å². The van der Waals surface area contributed by atoms with Gasteiger partial charge >= 0.3 is 0 Å². The van der Waals surface area contributed by atoms with Crippen LogP contribution in [-0.4, -0.2) is 29.5 Å². The van der Waals surface area contributed by atoms with E-state index in [2.05, 4.69) is 19.2 Å². The van der Waals surface area contributed by atoms with Crippen molar-refractivity contribution in [2.75, 3.05) is 18.9 Å². The smallest absolute Gasteiger partial charge is 0.0610 e. The maximum absolute atomic E-state index is 9.48. The lowest BCUT2D eigenvalue weighted by atomic mass is 9.97. The lowest BCUT2D eigenvalue weighted by molar-refractivity contribution is 0.165. The Bertz CT molecular complexity index is 375. The van der Waals surface area contributed by atoms with Crippen LogP contribution in [0.15, 0.2) is 29.2 Å². The van der Waals surface area contributed by atoms with Crippen molar-refractivity contribution < 1.29 is 5.11 Å². The van der Waals surface area contributed by atoms with Crippen LogP contribution in [0.2, 0.25) is 5.02 Å². The third-order valence-electron chi connectivity index (χ3n) is 3.12. The molecule has 0 aromatic heterocycles.